The summed E-state index contributed by atoms with van der Waals surface area (Å²) in [5.41, 5.74) is -0.0424. The van der Waals surface area contributed by atoms with Crippen molar-refractivity contribution in [3.05, 3.63) is 23.8 Å². The van der Waals surface area contributed by atoms with Gasteiger partial charge in [-0.1, -0.05) is 30.7 Å². The van der Waals surface area contributed by atoms with Gasteiger partial charge in [0.1, 0.15) is 5.60 Å². The van der Waals surface area contributed by atoms with Crippen LogP contribution in [0.1, 0.15) is 87.6 Å². The van der Waals surface area contributed by atoms with E-state index in [1.165, 1.54) is 12.2 Å². The van der Waals surface area contributed by atoms with Crippen molar-refractivity contribution >= 4 is 5.97 Å². The molecule has 0 saturated heterocycles. The van der Waals surface area contributed by atoms with Crippen molar-refractivity contribution in [2.45, 2.75) is 97.2 Å². The Labute approximate surface area is 191 Å². The predicted molar refractivity (Wildman–Crippen MR) is 120 cm³/mol. The van der Waals surface area contributed by atoms with E-state index in [0.29, 0.717) is 19.3 Å². The van der Waals surface area contributed by atoms with Gasteiger partial charge < -0.3 is 14.9 Å². The van der Waals surface area contributed by atoms with Gasteiger partial charge in [-0.3, -0.25) is 4.79 Å². The highest BCUT2D eigenvalue weighted by Gasteiger charge is 2.44. The number of aliphatic hydroxyl groups is 2. The van der Waals surface area contributed by atoms with Crippen molar-refractivity contribution in [3.8, 4) is 11.8 Å². The minimum atomic E-state index is -2.46. The van der Waals surface area contributed by atoms with Crippen molar-refractivity contribution < 1.29 is 28.0 Å². The Morgan fingerprint density at radius 3 is 2.80 bits per heavy atom. The van der Waals surface area contributed by atoms with Gasteiger partial charge in [-0.15, -0.1) is 11.8 Å². The number of hydrogen-bond donors (Lipinski definition) is 2. The molecule has 2 aliphatic carbocycles. The molecule has 168 valence electrons. The van der Waals surface area contributed by atoms with Crippen LogP contribution in [0.15, 0.2) is 23.8 Å². The second-order valence-corrected chi connectivity index (χ2v) is 9.28. The zero-order valence-electron chi connectivity index (χ0n) is 24.7. The molecule has 2 saturated carbocycles. The number of hydrogen-bond acceptors (Lipinski definition) is 4. The average Bonchev–Trinajstić information content (AvgIpc) is 3.18. The lowest BCUT2D eigenvalue weighted by molar-refractivity contribution is -0.154. The molecule has 6 atom stereocenters. The molecule has 2 aliphatic rings. The molecule has 0 aliphatic heterocycles. The van der Waals surface area contributed by atoms with Crippen LogP contribution in [-0.2, 0) is 9.53 Å². The van der Waals surface area contributed by atoms with Crippen molar-refractivity contribution in [1.82, 2.24) is 0 Å². The number of ether oxygens (including phenoxy) is 1. The van der Waals surface area contributed by atoms with Crippen LogP contribution >= 0.6 is 0 Å². The van der Waals surface area contributed by atoms with Crippen LogP contribution in [0.25, 0.3) is 0 Å². The topological polar surface area (TPSA) is 66.8 Å². The lowest BCUT2D eigenvalue weighted by atomic mass is 9.89. The molecule has 2 fully saturated rings. The standard InChI is InChI=1S/C26H40O4/c1-6-7-10-18(2)23(27)14-13-21-22-16-19(15-20(22)17-24(21)28)11-8-9-12-25(29)30-26(3,4)5/h11,13-14,18,20-24,27-28H,8-10,12,15-17H2,1-5H3/b14-13+,19-11+/t18?,20-,21+,22-,23+,24+/m0/s1/i8D2,9D2,10D2. The van der Waals surface area contributed by atoms with Crippen LogP contribution in [0.2, 0.25) is 0 Å². The van der Waals surface area contributed by atoms with Gasteiger partial charge in [-0.25, -0.2) is 0 Å². The molecule has 0 aromatic heterocycles. The monoisotopic (exact) mass is 422 g/mol. The third-order valence-corrected chi connectivity index (χ3v) is 5.61. The molecule has 0 amide bonds. The first-order valence-electron chi connectivity index (χ1n) is 13.7. The van der Waals surface area contributed by atoms with Gasteiger partial charge in [-0.05, 0) is 77.5 Å². The largest absolute Gasteiger partial charge is 0.460 e. The van der Waals surface area contributed by atoms with E-state index in [2.05, 4.69) is 11.8 Å². The number of esters is 1. The summed E-state index contributed by atoms with van der Waals surface area (Å²) in [7, 11) is 0. The van der Waals surface area contributed by atoms with Gasteiger partial charge in [0.25, 0.3) is 0 Å². The van der Waals surface area contributed by atoms with E-state index in [1.807, 2.05) is 0 Å². The number of aliphatic hydroxyl groups excluding tert-OH is 2. The molecule has 4 nitrogen and oxygen atoms in total. The quantitative estimate of drug-likeness (QED) is 0.335. The van der Waals surface area contributed by atoms with Gasteiger partial charge in [-0.2, -0.15) is 0 Å². The first kappa shape index (κ1) is 17.0. The molecule has 0 bridgehead atoms. The first-order valence-corrected chi connectivity index (χ1v) is 10.7. The van der Waals surface area contributed by atoms with E-state index >= 15 is 0 Å². The number of carbonyl (C=O) groups excluding carboxylic acids is 1. The van der Waals surface area contributed by atoms with Crippen molar-refractivity contribution in [2.75, 3.05) is 0 Å². The maximum Gasteiger partial charge on any atom is 0.306 e. The summed E-state index contributed by atoms with van der Waals surface area (Å²) in [4.78, 5) is 12.1. The highest BCUT2D eigenvalue weighted by molar-refractivity contribution is 5.69. The number of rotatable bonds is 8. The Balaban J connectivity index is 2.12. The van der Waals surface area contributed by atoms with Crippen LogP contribution in [0.3, 0.4) is 0 Å². The van der Waals surface area contributed by atoms with Crippen molar-refractivity contribution in [1.29, 1.82) is 0 Å². The molecule has 2 rings (SSSR count). The number of allylic oxidation sites excluding steroid dienone is 2. The smallest absolute Gasteiger partial charge is 0.306 e. The van der Waals surface area contributed by atoms with Gasteiger partial charge in [0, 0.05) is 26.9 Å². The second-order valence-electron chi connectivity index (χ2n) is 9.28. The van der Waals surface area contributed by atoms with Crippen LogP contribution in [0, 0.1) is 35.5 Å². The van der Waals surface area contributed by atoms with Gasteiger partial charge in [0.05, 0.1) is 12.2 Å². The Bertz CT molecular complexity index is 925. The van der Waals surface area contributed by atoms with Gasteiger partial charge >= 0.3 is 5.97 Å². The molecule has 1 unspecified atom stereocenters. The summed E-state index contributed by atoms with van der Waals surface area (Å²) < 4.78 is 54.3. The van der Waals surface area contributed by atoms with Crippen LogP contribution in [-0.4, -0.2) is 34.0 Å². The Morgan fingerprint density at radius 1 is 1.40 bits per heavy atom. The summed E-state index contributed by atoms with van der Waals surface area (Å²) in [5.74, 6) is 3.27. The third kappa shape index (κ3) is 7.60. The summed E-state index contributed by atoms with van der Waals surface area (Å²) in [6.45, 7) is 8.13. The second kappa shape index (κ2) is 11.2. The zero-order chi connectivity index (χ0) is 27.7. The fourth-order valence-corrected chi connectivity index (χ4v) is 4.22. The average molecular weight is 423 g/mol. The number of fused-ring (bicyclic) bond motifs is 1. The zero-order valence-corrected chi connectivity index (χ0v) is 18.7. The summed E-state index contributed by atoms with van der Waals surface area (Å²) in [6, 6.07) is 0. The fourth-order valence-electron chi connectivity index (χ4n) is 4.22. The lowest BCUT2D eigenvalue weighted by Gasteiger charge is -2.19. The SMILES string of the molecule is [2H]C([2H])(C#CC)C(C)[C@H](O)/C=C/[C@@H]1[C@H]2C/C(=C/C([2H])([2H])C([2H])([2H])CC(=O)OC(C)(C)C)C[C@H]2C[C@H]1O. The summed E-state index contributed by atoms with van der Waals surface area (Å²) in [6.07, 6.45) is -3.07. The van der Waals surface area contributed by atoms with E-state index in [-0.39, 0.29) is 17.8 Å². The maximum atomic E-state index is 12.1. The highest BCUT2D eigenvalue weighted by Crippen LogP contribution is 2.50. The van der Waals surface area contributed by atoms with E-state index in [9.17, 15) is 15.0 Å². The van der Waals surface area contributed by atoms with E-state index < -0.39 is 55.2 Å². The molecule has 0 heterocycles. The van der Waals surface area contributed by atoms with Crippen molar-refractivity contribution in [2.24, 2.45) is 23.7 Å². The highest BCUT2D eigenvalue weighted by atomic mass is 16.6. The van der Waals surface area contributed by atoms with Gasteiger partial charge in [0.2, 0.25) is 0 Å². The predicted octanol–water partition coefficient (Wildman–Crippen LogP) is 4.80. The van der Waals surface area contributed by atoms with Gasteiger partial charge in [0.15, 0.2) is 0 Å². The number of carbonyl (C=O) groups is 1. The van der Waals surface area contributed by atoms with E-state index in [4.69, 9.17) is 13.0 Å². The molecule has 0 radical (unpaired) electrons. The lowest BCUT2D eigenvalue weighted by Crippen LogP contribution is -2.23. The normalized spacial score (nSPS) is 33.9. The first-order chi connectivity index (χ1) is 16.3. The van der Waals surface area contributed by atoms with Crippen LogP contribution < -0.4 is 0 Å². The molecular weight excluding hydrogens is 376 g/mol. The molecule has 2 N–H and O–H groups in total. The maximum absolute atomic E-state index is 12.1. The molecule has 4 heteroatoms. The third-order valence-electron chi connectivity index (χ3n) is 5.61. The van der Waals surface area contributed by atoms with E-state index in [0.717, 1.165) is 5.57 Å². The molecule has 0 aromatic rings. The Kier molecular flexibility index (Phi) is 6.34. The molecule has 30 heavy (non-hydrogen) atoms. The molecular formula is C26H40O4. The Hall–Kier alpha value is -1.57. The van der Waals surface area contributed by atoms with Crippen molar-refractivity contribution in [3.63, 3.8) is 0 Å². The minimum Gasteiger partial charge on any atom is -0.460 e. The summed E-state index contributed by atoms with van der Waals surface area (Å²) in [5, 5.41) is 21.1. The molecule has 0 aromatic carbocycles. The van der Waals surface area contributed by atoms with E-state index in [1.54, 1.807) is 40.7 Å². The fraction of sp³-hybridized carbons (Fsp3) is 0.731. The summed E-state index contributed by atoms with van der Waals surface area (Å²) >= 11 is 0. The minimum absolute atomic E-state index is 0.00437. The molecule has 0 spiro atoms. The Morgan fingerprint density at radius 2 is 2.13 bits per heavy atom. The van der Waals surface area contributed by atoms with Crippen LogP contribution in [0.4, 0.5) is 0 Å². The van der Waals surface area contributed by atoms with Crippen LogP contribution in [0.5, 0.6) is 0 Å².